The summed E-state index contributed by atoms with van der Waals surface area (Å²) in [6, 6.07) is 6.78. The average molecular weight is 321 g/mol. The zero-order valence-electron chi connectivity index (χ0n) is 12.9. The van der Waals surface area contributed by atoms with E-state index >= 15 is 0 Å². The fourth-order valence-electron chi connectivity index (χ4n) is 1.99. The summed E-state index contributed by atoms with van der Waals surface area (Å²) in [6.07, 6.45) is 0.861. The number of aliphatic hydroxyl groups excluding tert-OH is 1. The maximum Gasteiger partial charge on any atom is 0.302 e. The number of hydrogen-bond donors (Lipinski definition) is 2. The fourth-order valence-corrected chi connectivity index (χ4v) is 1.99. The molecule has 0 aliphatic carbocycles. The second-order valence-corrected chi connectivity index (χ2v) is 5.04. The standard InChI is InChI=1S/C16H19NO6/c1-10(18)17-12-3-5-13(6-4-12)22-16-8-7-14(20)15(23-16)9-21-11(2)19/h3-8,14-16,20H,9H2,1-2H3,(H,17,18)/t14-,15+,16-/m0/s1. The Balaban J connectivity index is 1.93. The van der Waals surface area contributed by atoms with E-state index in [9.17, 15) is 14.7 Å². The van der Waals surface area contributed by atoms with Crippen molar-refractivity contribution in [2.24, 2.45) is 0 Å². The molecule has 0 saturated carbocycles. The quantitative estimate of drug-likeness (QED) is 0.626. The van der Waals surface area contributed by atoms with E-state index in [1.807, 2.05) is 0 Å². The van der Waals surface area contributed by atoms with Gasteiger partial charge in [0.05, 0.1) is 0 Å². The molecule has 0 spiro atoms. The van der Waals surface area contributed by atoms with Crippen molar-refractivity contribution in [2.45, 2.75) is 32.3 Å². The number of nitrogens with one attached hydrogen (secondary N) is 1. The number of aliphatic hydroxyl groups is 1. The Hall–Kier alpha value is -2.38. The molecule has 0 saturated heterocycles. The summed E-state index contributed by atoms with van der Waals surface area (Å²) in [5.74, 6) is -0.0581. The Labute approximate surface area is 133 Å². The first-order valence-electron chi connectivity index (χ1n) is 7.13. The van der Waals surface area contributed by atoms with Crippen LogP contribution in [0.4, 0.5) is 5.69 Å². The van der Waals surface area contributed by atoms with Crippen LogP contribution < -0.4 is 10.1 Å². The molecule has 3 atom stereocenters. The van der Waals surface area contributed by atoms with Crippen LogP contribution in [0, 0.1) is 0 Å². The van der Waals surface area contributed by atoms with Gasteiger partial charge in [-0.15, -0.1) is 0 Å². The molecule has 2 N–H and O–H groups in total. The molecule has 23 heavy (non-hydrogen) atoms. The van der Waals surface area contributed by atoms with Gasteiger partial charge < -0.3 is 24.6 Å². The molecule has 1 aromatic carbocycles. The number of carbonyl (C=O) groups excluding carboxylic acids is 2. The van der Waals surface area contributed by atoms with Crippen LogP contribution in [0.1, 0.15) is 13.8 Å². The first-order chi connectivity index (χ1) is 10.9. The van der Waals surface area contributed by atoms with Gasteiger partial charge >= 0.3 is 5.97 Å². The molecule has 0 aromatic heterocycles. The molecule has 1 amide bonds. The van der Waals surface area contributed by atoms with E-state index in [-0.39, 0.29) is 12.5 Å². The van der Waals surface area contributed by atoms with E-state index in [1.165, 1.54) is 19.9 Å². The average Bonchev–Trinajstić information content (AvgIpc) is 2.49. The first-order valence-corrected chi connectivity index (χ1v) is 7.13. The van der Waals surface area contributed by atoms with Gasteiger partial charge in [-0.1, -0.05) is 6.08 Å². The van der Waals surface area contributed by atoms with Crippen molar-refractivity contribution in [3.63, 3.8) is 0 Å². The van der Waals surface area contributed by atoms with Crippen molar-refractivity contribution >= 4 is 17.6 Å². The Morgan fingerprint density at radius 3 is 2.52 bits per heavy atom. The number of hydrogen-bond acceptors (Lipinski definition) is 6. The lowest BCUT2D eigenvalue weighted by molar-refractivity contribution is -0.165. The summed E-state index contributed by atoms with van der Waals surface area (Å²) >= 11 is 0. The van der Waals surface area contributed by atoms with Crippen molar-refractivity contribution in [3.8, 4) is 5.75 Å². The number of esters is 1. The molecule has 2 rings (SSSR count). The van der Waals surface area contributed by atoms with E-state index in [0.29, 0.717) is 11.4 Å². The van der Waals surface area contributed by atoms with Crippen molar-refractivity contribution in [1.82, 2.24) is 0 Å². The van der Waals surface area contributed by atoms with Crippen LogP contribution in [0.5, 0.6) is 5.75 Å². The van der Waals surface area contributed by atoms with Gasteiger partial charge in [0.2, 0.25) is 12.2 Å². The monoisotopic (exact) mass is 321 g/mol. The lowest BCUT2D eigenvalue weighted by Crippen LogP contribution is -2.40. The predicted octanol–water partition coefficient (Wildman–Crippen LogP) is 1.23. The van der Waals surface area contributed by atoms with E-state index in [0.717, 1.165) is 0 Å². The van der Waals surface area contributed by atoms with Crippen LogP contribution in [0.3, 0.4) is 0 Å². The van der Waals surface area contributed by atoms with Gasteiger partial charge in [-0.05, 0) is 30.3 Å². The van der Waals surface area contributed by atoms with Gasteiger partial charge in [-0.25, -0.2) is 0 Å². The molecule has 124 valence electrons. The van der Waals surface area contributed by atoms with Crippen molar-refractivity contribution < 1.29 is 28.9 Å². The first kappa shape index (κ1) is 17.0. The van der Waals surface area contributed by atoms with Crippen molar-refractivity contribution in [2.75, 3.05) is 11.9 Å². The molecule has 1 aliphatic rings. The summed E-state index contributed by atoms with van der Waals surface area (Å²) in [5.41, 5.74) is 0.660. The SMILES string of the molecule is CC(=O)Nc1ccc(O[C@@H]2C=C[C@H](O)[C@@H](COC(C)=O)O2)cc1. The number of carbonyl (C=O) groups is 2. The topological polar surface area (TPSA) is 94.1 Å². The molecule has 0 bridgehead atoms. The largest absolute Gasteiger partial charge is 0.463 e. The second-order valence-electron chi connectivity index (χ2n) is 5.04. The lowest BCUT2D eigenvalue weighted by Gasteiger charge is -2.29. The Morgan fingerprint density at radius 1 is 1.22 bits per heavy atom. The molecule has 7 nitrogen and oxygen atoms in total. The molecule has 1 aliphatic heterocycles. The number of ether oxygens (including phenoxy) is 3. The molecule has 0 radical (unpaired) electrons. The van der Waals surface area contributed by atoms with Crippen molar-refractivity contribution in [1.29, 1.82) is 0 Å². The zero-order valence-corrected chi connectivity index (χ0v) is 12.9. The van der Waals surface area contributed by atoms with Gasteiger partial charge in [0.1, 0.15) is 24.6 Å². The number of anilines is 1. The van der Waals surface area contributed by atoms with Gasteiger partial charge in [-0.2, -0.15) is 0 Å². The lowest BCUT2D eigenvalue weighted by atomic mass is 10.1. The molecular formula is C16H19NO6. The van der Waals surface area contributed by atoms with E-state index in [2.05, 4.69) is 5.32 Å². The van der Waals surface area contributed by atoms with Crippen LogP contribution in [0.15, 0.2) is 36.4 Å². The van der Waals surface area contributed by atoms with Crippen LogP contribution in [0.25, 0.3) is 0 Å². The van der Waals surface area contributed by atoms with Crippen LogP contribution >= 0.6 is 0 Å². The number of rotatable bonds is 5. The third-order valence-corrected chi connectivity index (χ3v) is 3.03. The third kappa shape index (κ3) is 5.39. The normalized spacial score (nSPS) is 23.2. The fraction of sp³-hybridized carbons (Fsp3) is 0.375. The minimum Gasteiger partial charge on any atom is -0.463 e. The predicted molar refractivity (Wildman–Crippen MR) is 81.8 cm³/mol. The maximum atomic E-state index is 11.0. The van der Waals surface area contributed by atoms with Gasteiger partial charge in [0.15, 0.2) is 0 Å². The maximum absolute atomic E-state index is 11.0. The van der Waals surface area contributed by atoms with E-state index in [1.54, 1.807) is 30.3 Å². The highest BCUT2D eigenvalue weighted by atomic mass is 16.7. The molecule has 7 heteroatoms. The molecule has 1 aromatic rings. The van der Waals surface area contributed by atoms with Gasteiger partial charge in [0, 0.05) is 19.5 Å². The third-order valence-electron chi connectivity index (χ3n) is 3.03. The zero-order chi connectivity index (χ0) is 16.8. The van der Waals surface area contributed by atoms with Crippen molar-refractivity contribution in [3.05, 3.63) is 36.4 Å². The number of benzene rings is 1. The summed E-state index contributed by atoms with van der Waals surface area (Å²) in [7, 11) is 0. The highest BCUT2D eigenvalue weighted by Gasteiger charge is 2.27. The highest BCUT2D eigenvalue weighted by Crippen LogP contribution is 2.21. The summed E-state index contributed by atoms with van der Waals surface area (Å²) in [4.78, 5) is 21.8. The van der Waals surface area contributed by atoms with Crippen LogP contribution in [-0.4, -0.2) is 42.1 Å². The summed E-state index contributed by atoms with van der Waals surface area (Å²) in [6.45, 7) is 2.66. The minimum absolute atomic E-state index is 0.0534. The smallest absolute Gasteiger partial charge is 0.302 e. The van der Waals surface area contributed by atoms with E-state index in [4.69, 9.17) is 14.2 Å². The summed E-state index contributed by atoms with van der Waals surface area (Å²) in [5, 5.41) is 12.4. The highest BCUT2D eigenvalue weighted by molar-refractivity contribution is 5.88. The Morgan fingerprint density at radius 2 is 1.91 bits per heavy atom. The van der Waals surface area contributed by atoms with E-state index < -0.39 is 24.5 Å². The Bertz CT molecular complexity index is 583. The van der Waals surface area contributed by atoms with Gasteiger partial charge in [0.25, 0.3) is 0 Å². The van der Waals surface area contributed by atoms with Crippen LogP contribution in [0.2, 0.25) is 0 Å². The summed E-state index contributed by atoms with van der Waals surface area (Å²) < 4.78 is 16.0. The molecule has 0 fully saturated rings. The molecule has 1 heterocycles. The Kier molecular flexibility index (Phi) is 5.72. The molecular weight excluding hydrogens is 302 g/mol. The minimum atomic E-state index is -0.864. The second kappa shape index (κ2) is 7.75. The number of amides is 1. The molecule has 0 unspecified atom stereocenters. The van der Waals surface area contributed by atoms with Gasteiger partial charge in [-0.3, -0.25) is 9.59 Å². The van der Waals surface area contributed by atoms with Crippen LogP contribution in [-0.2, 0) is 19.1 Å².